The van der Waals surface area contributed by atoms with Crippen molar-refractivity contribution in [2.24, 2.45) is 5.92 Å². The van der Waals surface area contributed by atoms with Crippen LogP contribution in [0, 0.1) is 5.92 Å². The molecule has 216 valence electrons. The maximum absolute atomic E-state index is 12.5. The largest absolute Gasteiger partial charge is 0.490 e. The van der Waals surface area contributed by atoms with Gasteiger partial charge in [-0.2, -0.15) is 0 Å². The summed E-state index contributed by atoms with van der Waals surface area (Å²) in [7, 11) is 0. The maximum Gasteiger partial charge on any atom is 0.308 e. The molecule has 0 spiro atoms. The summed E-state index contributed by atoms with van der Waals surface area (Å²) in [5.41, 5.74) is 1.95. The summed E-state index contributed by atoms with van der Waals surface area (Å²) in [5.74, 6) is 0.699. The predicted octanol–water partition coefficient (Wildman–Crippen LogP) is 5.58. The number of esters is 1. The SMILES string of the molecule is CCOC(=O)[C@H]1CC[C@@H](Oc2ccc(C(=O)NCCNC(=O)c3ccc(OCc4cccc(Cl)c4)cc3)cc2)CC1. The molecule has 9 heteroatoms. The smallest absolute Gasteiger partial charge is 0.308 e. The van der Waals surface area contributed by atoms with E-state index in [1.165, 1.54) is 0 Å². The first-order valence-electron chi connectivity index (χ1n) is 13.9. The van der Waals surface area contributed by atoms with E-state index in [1.807, 2.05) is 25.1 Å². The Labute approximate surface area is 245 Å². The Bertz CT molecular complexity index is 1300. The normalized spacial score (nSPS) is 16.3. The minimum absolute atomic E-state index is 0.0431. The zero-order valence-electron chi connectivity index (χ0n) is 23.1. The molecule has 0 saturated heterocycles. The Balaban J connectivity index is 1.13. The first-order chi connectivity index (χ1) is 19.9. The lowest BCUT2D eigenvalue weighted by atomic mass is 9.87. The van der Waals surface area contributed by atoms with Crippen molar-refractivity contribution in [1.29, 1.82) is 0 Å². The highest BCUT2D eigenvalue weighted by molar-refractivity contribution is 6.30. The van der Waals surface area contributed by atoms with Gasteiger partial charge in [-0.1, -0.05) is 23.7 Å². The fourth-order valence-corrected chi connectivity index (χ4v) is 4.82. The molecular formula is C32H35ClN2O6. The van der Waals surface area contributed by atoms with E-state index >= 15 is 0 Å². The lowest BCUT2D eigenvalue weighted by Crippen LogP contribution is -2.34. The van der Waals surface area contributed by atoms with Crippen LogP contribution in [0.4, 0.5) is 0 Å². The van der Waals surface area contributed by atoms with Crippen molar-refractivity contribution in [3.63, 3.8) is 0 Å². The van der Waals surface area contributed by atoms with Gasteiger partial charge in [0, 0.05) is 29.2 Å². The van der Waals surface area contributed by atoms with Crippen LogP contribution >= 0.6 is 11.6 Å². The summed E-state index contributed by atoms with van der Waals surface area (Å²) in [6.45, 7) is 3.17. The molecule has 41 heavy (non-hydrogen) atoms. The highest BCUT2D eigenvalue weighted by atomic mass is 35.5. The van der Waals surface area contributed by atoms with E-state index < -0.39 is 0 Å². The van der Waals surface area contributed by atoms with Crippen molar-refractivity contribution in [3.8, 4) is 11.5 Å². The highest BCUT2D eigenvalue weighted by Crippen LogP contribution is 2.28. The molecule has 3 aromatic rings. The fraction of sp³-hybridized carbons (Fsp3) is 0.344. The number of carbonyl (C=O) groups is 3. The van der Waals surface area contributed by atoms with Gasteiger partial charge in [0.25, 0.3) is 11.8 Å². The first kappa shape index (κ1) is 29.9. The third kappa shape index (κ3) is 9.25. The molecule has 0 unspecified atom stereocenters. The second-order valence-electron chi connectivity index (χ2n) is 9.82. The Morgan fingerprint density at radius 2 is 1.39 bits per heavy atom. The van der Waals surface area contributed by atoms with Gasteiger partial charge in [0.15, 0.2) is 0 Å². The van der Waals surface area contributed by atoms with Crippen LogP contribution in [0.3, 0.4) is 0 Å². The minimum Gasteiger partial charge on any atom is -0.490 e. The van der Waals surface area contributed by atoms with Gasteiger partial charge in [-0.25, -0.2) is 0 Å². The summed E-state index contributed by atoms with van der Waals surface area (Å²) >= 11 is 6.00. The fourth-order valence-electron chi connectivity index (χ4n) is 4.61. The van der Waals surface area contributed by atoms with Crippen LogP contribution in [0.15, 0.2) is 72.8 Å². The minimum atomic E-state index is -0.238. The topological polar surface area (TPSA) is 103 Å². The molecule has 2 amide bonds. The number of ether oxygens (including phenoxy) is 3. The highest BCUT2D eigenvalue weighted by Gasteiger charge is 2.28. The van der Waals surface area contributed by atoms with Crippen LogP contribution in [-0.2, 0) is 16.1 Å². The van der Waals surface area contributed by atoms with Crippen molar-refractivity contribution in [2.45, 2.75) is 45.3 Å². The molecule has 1 aliphatic rings. The van der Waals surface area contributed by atoms with Crippen molar-refractivity contribution in [1.82, 2.24) is 10.6 Å². The Kier molecular flexibility index (Phi) is 11.0. The Morgan fingerprint density at radius 3 is 1.95 bits per heavy atom. The summed E-state index contributed by atoms with van der Waals surface area (Å²) in [6, 6.07) is 21.3. The third-order valence-electron chi connectivity index (χ3n) is 6.82. The van der Waals surface area contributed by atoms with Crippen LogP contribution < -0.4 is 20.1 Å². The standard InChI is InChI=1S/C32H35ClN2O6/c1-2-39-32(38)25-10-16-29(17-11-25)41-28-14-8-24(9-15-28)31(37)35-19-18-34-30(36)23-6-12-27(13-7-23)40-21-22-4-3-5-26(33)20-22/h3-9,12-15,20,25,29H,2,10-11,16-19,21H2,1H3,(H,34,36)(H,35,37)/t25-,29+. The van der Waals surface area contributed by atoms with E-state index in [1.54, 1.807) is 54.6 Å². The number of amides is 2. The number of benzene rings is 3. The number of nitrogens with one attached hydrogen (secondary N) is 2. The van der Waals surface area contributed by atoms with E-state index in [-0.39, 0.29) is 42.9 Å². The maximum atomic E-state index is 12.5. The Hall–Kier alpha value is -4.04. The van der Waals surface area contributed by atoms with E-state index in [2.05, 4.69) is 10.6 Å². The van der Waals surface area contributed by atoms with Crippen LogP contribution in [0.25, 0.3) is 0 Å². The Morgan fingerprint density at radius 1 is 0.805 bits per heavy atom. The summed E-state index contributed by atoms with van der Waals surface area (Å²) in [6.07, 6.45) is 3.14. The van der Waals surface area contributed by atoms with Gasteiger partial charge in [-0.05, 0) is 98.8 Å². The average Bonchev–Trinajstić information content (AvgIpc) is 2.99. The summed E-state index contributed by atoms with van der Waals surface area (Å²) in [4.78, 5) is 36.9. The molecule has 3 aromatic carbocycles. The molecule has 8 nitrogen and oxygen atoms in total. The van der Waals surface area contributed by atoms with Crippen LogP contribution in [-0.4, -0.2) is 43.6 Å². The van der Waals surface area contributed by atoms with Gasteiger partial charge in [0.1, 0.15) is 18.1 Å². The zero-order valence-corrected chi connectivity index (χ0v) is 23.8. The molecule has 0 atom stereocenters. The molecule has 0 heterocycles. The van der Waals surface area contributed by atoms with Crippen LogP contribution in [0.2, 0.25) is 5.02 Å². The van der Waals surface area contributed by atoms with Crippen molar-refractivity contribution >= 4 is 29.4 Å². The van der Waals surface area contributed by atoms with Crippen LogP contribution in [0.1, 0.15) is 58.9 Å². The van der Waals surface area contributed by atoms with Crippen molar-refractivity contribution < 1.29 is 28.6 Å². The van der Waals surface area contributed by atoms with E-state index in [0.29, 0.717) is 40.9 Å². The van der Waals surface area contributed by atoms with Crippen LogP contribution in [0.5, 0.6) is 11.5 Å². The molecule has 1 aliphatic carbocycles. The van der Waals surface area contributed by atoms with Gasteiger partial charge in [0.05, 0.1) is 18.6 Å². The van der Waals surface area contributed by atoms with Gasteiger partial charge in [0.2, 0.25) is 0 Å². The molecule has 1 saturated carbocycles. The van der Waals surface area contributed by atoms with Gasteiger partial charge >= 0.3 is 5.97 Å². The molecule has 0 radical (unpaired) electrons. The number of halogens is 1. The van der Waals surface area contributed by atoms with Crippen molar-refractivity contribution in [2.75, 3.05) is 19.7 Å². The number of hydrogen-bond acceptors (Lipinski definition) is 6. The molecule has 0 aromatic heterocycles. The third-order valence-corrected chi connectivity index (χ3v) is 7.06. The molecule has 2 N–H and O–H groups in total. The summed E-state index contributed by atoms with van der Waals surface area (Å²) in [5, 5.41) is 6.27. The van der Waals surface area contributed by atoms with E-state index in [9.17, 15) is 14.4 Å². The molecule has 0 bridgehead atoms. The molecule has 0 aliphatic heterocycles. The van der Waals surface area contributed by atoms with E-state index in [4.69, 9.17) is 25.8 Å². The lowest BCUT2D eigenvalue weighted by molar-refractivity contribution is -0.149. The van der Waals surface area contributed by atoms with Gasteiger partial charge < -0.3 is 24.8 Å². The average molecular weight is 579 g/mol. The van der Waals surface area contributed by atoms with Gasteiger partial charge in [-0.15, -0.1) is 0 Å². The number of carbonyl (C=O) groups excluding carboxylic acids is 3. The second-order valence-corrected chi connectivity index (χ2v) is 10.3. The predicted molar refractivity (Wildman–Crippen MR) is 156 cm³/mol. The quantitative estimate of drug-likeness (QED) is 0.215. The van der Waals surface area contributed by atoms with E-state index in [0.717, 1.165) is 31.2 Å². The molecular weight excluding hydrogens is 544 g/mol. The second kappa shape index (κ2) is 15.1. The number of rotatable bonds is 12. The summed E-state index contributed by atoms with van der Waals surface area (Å²) < 4.78 is 16.9. The van der Waals surface area contributed by atoms with Crippen molar-refractivity contribution in [3.05, 3.63) is 94.5 Å². The zero-order chi connectivity index (χ0) is 29.0. The van der Waals surface area contributed by atoms with Gasteiger partial charge in [-0.3, -0.25) is 14.4 Å². The number of hydrogen-bond donors (Lipinski definition) is 2. The monoisotopic (exact) mass is 578 g/mol. The first-order valence-corrected chi connectivity index (χ1v) is 14.3. The molecule has 4 rings (SSSR count). The lowest BCUT2D eigenvalue weighted by Gasteiger charge is -2.27. The molecule has 1 fully saturated rings.